The van der Waals surface area contributed by atoms with E-state index >= 15 is 0 Å². The summed E-state index contributed by atoms with van der Waals surface area (Å²) < 4.78 is 47.6. The molecule has 0 saturated heterocycles. The Bertz CT molecular complexity index is 1400. The molecule has 16 heteroatoms. The van der Waals surface area contributed by atoms with Gasteiger partial charge in [0.15, 0.2) is 6.10 Å². The number of hydrogen-bond donors (Lipinski definition) is 5. The zero-order valence-electron chi connectivity index (χ0n) is 35.9. The van der Waals surface area contributed by atoms with Gasteiger partial charge in [-0.3, -0.25) is 23.2 Å². The second-order valence-electron chi connectivity index (χ2n) is 14.1. The molecule has 0 amide bonds. The fraction of sp³-hybridized carbons (Fsp3) is 0.636. The lowest BCUT2D eigenvalue weighted by molar-refractivity contribution is -0.161. The van der Waals surface area contributed by atoms with Crippen LogP contribution in [-0.2, 0) is 41.8 Å². The molecule has 0 aromatic heterocycles. The minimum absolute atomic E-state index is 0.0685. The van der Waals surface area contributed by atoms with E-state index in [0.717, 1.165) is 64.2 Å². The number of allylic oxidation sites excluding steroid dienone is 12. The average molecular weight is 889 g/mol. The highest BCUT2D eigenvalue weighted by Crippen LogP contribution is 2.43. The number of esters is 2. The van der Waals surface area contributed by atoms with E-state index in [1.807, 2.05) is 49.5 Å². The third-order valence-electron chi connectivity index (χ3n) is 8.34. The van der Waals surface area contributed by atoms with Gasteiger partial charge in [-0.1, -0.05) is 131 Å². The molecule has 0 rings (SSSR count). The van der Waals surface area contributed by atoms with Crippen molar-refractivity contribution in [3.63, 3.8) is 0 Å². The quantitative estimate of drug-likeness (QED) is 0.0128. The van der Waals surface area contributed by atoms with Crippen molar-refractivity contribution in [3.8, 4) is 0 Å². The van der Waals surface area contributed by atoms with Gasteiger partial charge in [-0.15, -0.1) is 0 Å². The zero-order valence-corrected chi connectivity index (χ0v) is 37.7. The molecular formula is C44H74O14P2. The van der Waals surface area contributed by atoms with Crippen molar-refractivity contribution in [1.29, 1.82) is 0 Å². The molecule has 0 fully saturated rings. The fourth-order valence-electron chi connectivity index (χ4n) is 5.08. The van der Waals surface area contributed by atoms with E-state index in [1.54, 1.807) is 6.08 Å². The first-order valence-electron chi connectivity index (χ1n) is 21.4. The van der Waals surface area contributed by atoms with Crippen molar-refractivity contribution >= 4 is 27.6 Å². The smallest absolute Gasteiger partial charge is 0.462 e. The van der Waals surface area contributed by atoms with Crippen molar-refractivity contribution < 1.29 is 66.7 Å². The number of phosphoric ester groups is 2. The second kappa shape index (κ2) is 39.1. The van der Waals surface area contributed by atoms with Gasteiger partial charge in [-0.25, -0.2) is 9.13 Å². The molecule has 0 saturated carbocycles. The van der Waals surface area contributed by atoms with E-state index in [4.69, 9.17) is 23.8 Å². The maximum absolute atomic E-state index is 12.6. The van der Waals surface area contributed by atoms with E-state index < -0.39 is 72.3 Å². The highest BCUT2D eigenvalue weighted by atomic mass is 31.2. The standard InChI is InChI=1S/C44H74O14P2/c1-3-5-7-8-9-10-11-12-13-14-15-16-17-20-23-26-30-34-43(47)54-38-42(39-57-60(52,53)56-37-41(46)36-55-59(49,50)51)58-44(48)35-31-27-24-21-18-19-22-25-29-33-40(45)32-28-6-4-2/h6,9-10,12-13,15-16,20,22-23,25,28-29,33,40-42,45-46H,3-5,7-8,11,14,17-19,21,24,26-27,30-32,34-39H2,1-2H3,(H,52,53)(H2,49,50,51)/b10-9-,13-12-,16-15-,23-20-,25-22+,28-6+,33-29+/t40?,41-,42+/m0/s1. The van der Waals surface area contributed by atoms with E-state index in [2.05, 4.69) is 52.4 Å². The van der Waals surface area contributed by atoms with Crippen LogP contribution >= 0.6 is 15.6 Å². The van der Waals surface area contributed by atoms with Gasteiger partial charge < -0.3 is 34.4 Å². The highest BCUT2D eigenvalue weighted by molar-refractivity contribution is 7.47. The largest absolute Gasteiger partial charge is 0.472 e. The molecule has 0 radical (unpaired) electrons. The van der Waals surface area contributed by atoms with E-state index in [1.165, 1.54) is 19.3 Å². The van der Waals surface area contributed by atoms with Gasteiger partial charge in [0.05, 0.1) is 25.9 Å². The molecule has 0 aliphatic heterocycles. The van der Waals surface area contributed by atoms with Gasteiger partial charge in [0.2, 0.25) is 0 Å². The van der Waals surface area contributed by atoms with Crippen LogP contribution in [0.2, 0.25) is 0 Å². The summed E-state index contributed by atoms with van der Waals surface area (Å²) in [6, 6.07) is 0. The van der Waals surface area contributed by atoms with E-state index in [-0.39, 0.29) is 12.8 Å². The number of ether oxygens (including phenoxy) is 2. The number of aliphatic hydroxyl groups is 2. The minimum Gasteiger partial charge on any atom is -0.462 e. The van der Waals surface area contributed by atoms with Crippen LogP contribution in [0.4, 0.5) is 0 Å². The van der Waals surface area contributed by atoms with Crippen molar-refractivity contribution in [1.82, 2.24) is 0 Å². The van der Waals surface area contributed by atoms with E-state index in [0.29, 0.717) is 25.7 Å². The first kappa shape index (κ1) is 57.3. The van der Waals surface area contributed by atoms with Crippen molar-refractivity contribution in [3.05, 3.63) is 85.1 Å². The molecule has 0 aromatic rings. The van der Waals surface area contributed by atoms with Crippen LogP contribution in [0.1, 0.15) is 136 Å². The molecule has 0 aliphatic rings. The molecule has 0 spiro atoms. The summed E-state index contributed by atoms with van der Waals surface area (Å²) in [7, 11) is -9.72. The summed E-state index contributed by atoms with van der Waals surface area (Å²) in [4.78, 5) is 52.6. The monoisotopic (exact) mass is 888 g/mol. The van der Waals surface area contributed by atoms with E-state index in [9.17, 15) is 33.8 Å². The lowest BCUT2D eigenvalue weighted by Gasteiger charge is -2.20. The molecule has 2 unspecified atom stereocenters. The first-order chi connectivity index (χ1) is 28.8. The summed E-state index contributed by atoms with van der Waals surface area (Å²) >= 11 is 0. The van der Waals surface area contributed by atoms with Gasteiger partial charge in [-0.2, -0.15) is 0 Å². The predicted molar refractivity (Wildman–Crippen MR) is 236 cm³/mol. The molecule has 0 bridgehead atoms. The molecule has 0 heterocycles. The summed E-state index contributed by atoms with van der Waals surface area (Å²) in [5.41, 5.74) is 0. The molecule has 4 atom stereocenters. The number of carbonyl (C=O) groups is 2. The highest BCUT2D eigenvalue weighted by Gasteiger charge is 2.28. The molecule has 5 N–H and O–H groups in total. The molecule has 60 heavy (non-hydrogen) atoms. The molecule has 14 nitrogen and oxygen atoms in total. The maximum atomic E-state index is 12.6. The van der Waals surface area contributed by atoms with Gasteiger partial charge >= 0.3 is 27.6 Å². The lowest BCUT2D eigenvalue weighted by Crippen LogP contribution is -2.30. The van der Waals surface area contributed by atoms with Gasteiger partial charge in [0, 0.05) is 12.8 Å². The number of rotatable bonds is 39. The number of phosphoric acid groups is 2. The van der Waals surface area contributed by atoms with Gasteiger partial charge in [0.25, 0.3) is 0 Å². The third-order valence-corrected chi connectivity index (χ3v) is 9.77. The Morgan fingerprint density at radius 2 is 1.12 bits per heavy atom. The van der Waals surface area contributed by atoms with Crippen LogP contribution < -0.4 is 0 Å². The van der Waals surface area contributed by atoms with Crippen molar-refractivity contribution in [2.45, 2.75) is 154 Å². The van der Waals surface area contributed by atoms with Crippen LogP contribution in [0.25, 0.3) is 0 Å². The molecule has 0 aromatic carbocycles. The summed E-state index contributed by atoms with van der Waals surface area (Å²) in [5, 5.41) is 19.6. The lowest BCUT2D eigenvalue weighted by atomic mass is 10.1. The van der Waals surface area contributed by atoms with Crippen molar-refractivity contribution in [2.75, 3.05) is 26.4 Å². The van der Waals surface area contributed by atoms with Gasteiger partial charge in [0.1, 0.15) is 12.7 Å². The Kier molecular flexibility index (Phi) is 37.3. The number of aliphatic hydroxyl groups excluding tert-OH is 2. The Labute approximate surface area is 359 Å². The van der Waals surface area contributed by atoms with Crippen LogP contribution in [0, 0.1) is 0 Å². The Morgan fingerprint density at radius 1 is 0.567 bits per heavy atom. The normalized spacial score (nSPS) is 15.4. The number of hydrogen-bond acceptors (Lipinski definition) is 11. The first-order valence-corrected chi connectivity index (χ1v) is 24.4. The third kappa shape index (κ3) is 42.0. The minimum atomic E-state index is -4.88. The van der Waals surface area contributed by atoms with Gasteiger partial charge in [-0.05, 0) is 77.0 Å². The molecular weight excluding hydrogens is 814 g/mol. The Balaban J connectivity index is 4.70. The van der Waals surface area contributed by atoms with Crippen LogP contribution in [0.15, 0.2) is 85.1 Å². The molecule has 344 valence electrons. The zero-order chi connectivity index (χ0) is 44.6. The van der Waals surface area contributed by atoms with Crippen LogP contribution in [0.3, 0.4) is 0 Å². The Morgan fingerprint density at radius 3 is 1.77 bits per heavy atom. The van der Waals surface area contributed by atoms with Crippen LogP contribution in [-0.4, -0.2) is 81.6 Å². The second-order valence-corrected chi connectivity index (χ2v) is 16.8. The average Bonchev–Trinajstić information content (AvgIpc) is 3.20. The number of unbranched alkanes of at least 4 members (excludes halogenated alkanes) is 9. The summed E-state index contributed by atoms with van der Waals surface area (Å²) in [5.74, 6) is -1.16. The summed E-state index contributed by atoms with van der Waals surface area (Å²) in [6.45, 7) is 1.40. The number of carbonyl (C=O) groups excluding carboxylic acids is 2. The summed E-state index contributed by atoms with van der Waals surface area (Å²) in [6.07, 6.45) is 40.6. The topological polar surface area (TPSA) is 216 Å². The fourth-order valence-corrected chi connectivity index (χ4v) is 6.24. The maximum Gasteiger partial charge on any atom is 0.472 e. The molecule has 0 aliphatic carbocycles. The van der Waals surface area contributed by atoms with Crippen LogP contribution in [0.5, 0.6) is 0 Å². The Hall–Kier alpha value is -2.74. The SMILES string of the molecule is CC/C=C/CC(O)/C=C/C=C/CCCCCCCC(=O)O[C@H](COC(=O)CCC/C=C\C/C=C\C/C=C\C/C=C\CCCCC)COP(=O)(O)OC[C@@H](O)COP(=O)(O)O. The predicted octanol–water partition coefficient (Wildman–Crippen LogP) is 9.75. The van der Waals surface area contributed by atoms with Crippen molar-refractivity contribution in [2.24, 2.45) is 0 Å².